The van der Waals surface area contributed by atoms with Gasteiger partial charge in [0.15, 0.2) is 6.29 Å². The lowest BCUT2D eigenvalue weighted by atomic mass is 9.96. The lowest BCUT2D eigenvalue weighted by Crippen LogP contribution is -2.60. The van der Waals surface area contributed by atoms with Gasteiger partial charge in [-0.1, -0.05) is 58.8 Å². The molecule has 2 fully saturated rings. The van der Waals surface area contributed by atoms with Gasteiger partial charge in [-0.05, 0) is 23.7 Å². The highest BCUT2D eigenvalue weighted by Gasteiger charge is 2.50. The Hall–Kier alpha value is -2.69. The maximum atomic E-state index is 9.34. The van der Waals surface area contributed by atoms with Crippen LogP contribution in [0.3, 0.4) is 0 Å². The number of hydrogen-bond donors (Lipinski definition) is 0. The van der Waals surface area contributed by atoms with Gasteiger partial charge in [0.25, 0.3) is 0 Å². The van der Waals surface area contributed by atoms with Crippen LogP contribution in [0.2, 0.25) is 5.02 Å². The Morgan fingerprint density at radius 3 is 2.77 bits per heavy atom. The van der Waals surface area contributed by atoms with Gasteiger partial charge in [0.2, 0.25) is 0 Å². The van der Waals surface area contributed by atoms with Crippen LogP contribution in [0.25, 0.3) is 21.7 Å². The quantitative estimate of drug-likeness (QED) is 0.246. The number of methoxy groups -OCH3 is 1. The molecule has 180 valence electrons. The maximum absolute atomic E-state index is 9.34. The zero-order chi connectivity index (χ0) is 24.2. The standard InChI is InChI=1S/C24H22ClN5O4S/c1-31-22-20(29-30-26)21-17(13-32-23(34-21)14-6-3-2-4-7-14)33-24(22)35-18-10-16(25)12-28-19(18)15-8-5-9-27-11-15/h2-12,17,20-24H,13H2,1H3/t17?,20?,21-,22-,23?,24+/m0/s1. The van der Waals surface area contributed by atoms with Crippen LogP contribution < -0.4 is 0 Å². The Kier molecular flexibility index (Phi) is 7.50. The van der Waals surface area contributed by atoms with E-state index in [0.29, 0.717) is 10.7 Å². The molecule has 2 aromatic heterocycles. The Labute approximate surface area is 211 Å². The molecule has 11 heteroatoms. The van der Waals surface area contributed by atoms with Gasteiger partial charge in [0.05, 0.1) is 23.4 Å². The largest absolute Gasteiger partial charge is 0.377 e. The van der Waals surface area contributed by atoms with E-state index in [4.69, 9.17) is 30.5 Å². The van der Waals surface area contributed by atoms with Crippen molar-refractivity contribution in [2.45, 2.75) is 41.0 Å². The van der Waals surface area contributed by atoms with E-state index in [9.17, 15) is 5.53 Å². The van der Waals surface area contributed by atoms with Crippen molar-refractivity contribution < 1.29 is 18.9 Å². The molecule has 0 N–H and O–H groups in total. The van der Waals surface area contributed by atoms with Crippen LogP contribution in [0.1, 0.15) is 11.9 Å². The van der Waals surface area contributed by atoms with E-state index in [2.05, 4.69) is 20.0 Å². The van der Waals surface area contributed by atoms with E-state index in [1.54, 1.807) is 25.7 Å². The van der Waals surface area contributed by atoms with Crippen molar-refractivity contribution in [2.75, 3.05) is 13.7 Å². The fourth-order valence-electron chi connectivity index (χ4n) is 4.24. The van der Waals surface area contributed by atoms with Gasteiger partial charge < -0.3 is 18.9 Å². The van der Waals surface area contributed by atoms with Crippen LogP contribution >= 0.6 is 23.4 Å². The van der Waals surface area contributed by atoms with E-state index < -0.39 is 36.1 Å². The number of thioether (sulfide) groups is 1. The van der Waals surface area contributed by atoms with Crippen molar-refractivity contribution >= 4 is 23.4 Å². The van der Waals surface area contributed by atoms with E-state index in [1.165, 1.54) is 11.8 Å². The topological polar surface area (TPSA) is 111 Å². The number of pyridine rings is 2. The van der Waals surface area contributed by atoms with Crippen molar-refractivity contribution in [2.24, 2.45) is 5.11 Å². The minimum absolute atomic E-state index is 0.276. The van der Waals surface area contributed by atoms with Crippen LogP contribution in [-0.4, -0.2) is 53.5 Å². The monoisotopic (exact) mass is 511 g/mol. The number of aromatic nitrogens is 2. The third-order valence-electron chi connectivity index (χ3n) is 5.84. The van der Waals surface area contributed by atoms with Crippen molar-refractivity contribution in [1.82, 2.24) is 9.97 Å². The number of hydrogen-bond acceptors (Lipinski definition) is 8. The molecule has 1 aromatic carbocycles. The van der Waals surface area contributed by atoms with Crippen LogP contribution in [-0.2, 0) is 18.9 Å². The Morgan fingerprint density at radius 1 is 1.17 bits per heavy atom. The predicted octanol–water partition coefficient (Wildman–Crippen LogP) is 5.42. The molecular weight excluding hydrogens is 490 g/mol. The van der Waals surface area contributed by atoms with Crippen LogP contribution in [0.15, 0.2) is 77.1 Å². The first kappa shape index (κ1) is 24.0. The molecule has 0 bridgehead atoms. The summed E-state index contributed by atoms with van der Waals surface area (Å²) in [6, 6.07) is 14.6. The average molecular weight is 512 g/mol. The van der Waals surface area contributed by atoms with Gasteiger partial charge in [0, 0.05) is 46.6 Å². The first-order valence-electron chi connectivity index (χ1n) is 10.9. The highest BCUT2D eigenvalue weighted by atomic mass is 35.5. The molecular formula is C24H22ClN5O4S. The molecule has 35 heavy (non-hydrogen) atoms. The van der Waals surface area contributed by atoms with E-state index in [1.807, 2.05) is 48.5 Å². The molecule has 0 aliphatic carbocycles. The zero-order valence-corrected chi connectivity index (χ0v) is 20.2. The minimum atomic E-state index is -0.634. The third-order valence-corrected chi connectivity index (χ3v) is 7.22. The Morgan fingerprint density at radius 2 is 2.03 bits per heavy atom. The van der Waals surface area contributed by atoms with Gasteiger partial charge in [0.1, 0.15) is 23.7 Å². The number of halogens is 1. The zero-order valence-electron chi connectivity index (χ0n) is 18.7. The molecule has 3 unspecified atom stereocenters. The first-order valence-corrected chi connectivity index (χ1v) is 12.2. The smallest absolute Gasteiger partial charge is 0.184 e. The summed E-state index contributed by atoms with van der Waals surface area (Å²) >= 11 is 7.68. The molecule has 5 rings (SSSR count). The second-order valence-corrected chi connectivity index (χ2v) is 9.55. The van der Waals surface area contributed by atoms with E-state index >= 15 is 0 Å². The number of rotatable bonds is 6. The molecule has 2 aliphatic rings. The minimum Gasteiger partial charge on any atom is -0.377 e. The lowest BCUT2D eigenvalue weighted by Gasteiger charge is -2.47. The summed E-state index contributed by atoms with van der Waals surface area (Å²) in [6.45, 7) is 0.276. The molecule has 0 amide bonds. The summed E-state index contributed by atoms with van der Waals surface area (Å²) in [6.07, 6.45) is 2.86. The molecule has 6 atom stereocenters. The van der Waals surface area contributed by atoms with E-state index in [0.717, 1.165) is 16.0 Å². The molecule has 2 saturated heterocycles. The number of benzene rings is 1. The Balaban J connectivity index is 1.44. The van der Waals surface area contributed by atoms with Gasteiger partial charge in [-0.15, -0.1) is 0 Å². The molecule has 2 aliphatic heterocycles. The van der Waals surface area contributed by atoms with Crippen LogP contribution in [0.4, 0.5) is 0 Å². The number of ether oxygens (including phenoxy) is 4. The maximum Gasteiger partial charge on any atom is 0.184 e. The molecule has 9 nitrogen and oxygen atoms in total. The second kappa shape index (κ2) is 10.9. The van der Waals surface area contributed by atoms with Crippen molar-refractivity contribution in [3.05, 3.63) is 88.2 Å². The summed E-state index contributed by atoms with van der Waals surface area (Å²) in [7, 11) is 1.56. The second-order valence-electron chi connectivity index (χ2n) is 7.98. The molecule has 4 heterocycles. The number of azide groups is 1. The lowest BCUT2D eigenvalue weighted by molar-refractivity contribution is -0.298. The summed E-state index contributed by atoms with van der Waals surface area (Å²) in [5, 5.41) is 4.56. The molecule has 0 saturated carbocycles. The van der Waals surface area contributed by atoms with Crippen LogP contribution in [0.5, 0.6) is 0 Å². The first-order chi connectivity index (χ1) is 17.2. The summed E-state index contributed by atoms with van der Waals surface area (Å²) < 4.78 is 24.4. The molecule has 3 aromatic rings. The highest BCUT2D eigenvalue weighted by Crippen LogP contribution is 2.43. The Bertz CT molecular complexity index is 1200. The van der Waals surface area contributed by atoms with Gasteiger partial charge in [-0.3, -0.25) is 9.97 Å². The fourth-order valence-corrected chi connectivity index (χ4v) is 5.79. The van der Waals surface area contributed by atoms with E-state index in [-0.39, 0.29) is 6.61 Å². The normalized spacial score (nSPS) is 28.1. The SMILES string of the molecule is CO[C@H]1C(N=[N+]=[N-])[C@H]2OC(c3ccccc3)OCC2O[C@@H]1Sc1cc(Cl)cnc1-c1cccnc1. The van der Waals surface area contributed by atoms with Crippen molar-refractivity contribution in [3.63, 3.8) is 0 Å². The summed E-state index contributed by atoms with van der Waals surface area (Å²) in [5.74, 6) is 0. The van der Waals surface area contributed by atoms with Gasteiger partial charge in [-0.25, -0.2) is 0 Å². The number of fused-ring (bicyclic) bond motifs is 1. The third kappa shape index (κ3) is 5.14. The fraction of sp³-hybridized carbons (Fsp3) is 0.333. The average Bonchev–Trinajstić information content (AvgIpc) is 2.90. The predicted molar refractivity (Wildman–Crippen MR) is 131 cm³/mol. The van der Waals surface area contributed by atoms with Crippen LogP contribution in [0, 0.1) is 0 Å². The molecule has 0 radical (unpaired) electrons. The number of nitrogens with zero attached hydrogens (tertiary/aromatic N) is 5. The highest BCUT2D eigenvalue weighted by molar-refractivity contribution is 8.00. The van der Waals surface area contributed by atoms with Gasteiger partial charge in [-0.2, -0.15) is 0 Å². The molecule has 0 spiro atoms. The van der Waals surface area contributed by atoms with Crippen molar-refractivity contribution in [3.8, 4) is 11.3 Å². The summed E-state index contributed by atoms with van der Waals surface area (Å²) in [4.78, 5) is 12.6. The van der Waals surface area contributed by atoms with Gasteiger partial charge >= 0.3 is 0 Å². The summed E-state index contributed by atoms with van der Waals surface area (Å²) in [5.41, 5.74) is 11.2. The van der Waals surface area contributed by atoms with Crippen molar-refractivity contribution in [1.29, 1.82) is 0 Å².